The first kappa shape index (κ1) is 22.1. The summed E-state index contributed by atoms with van der Waals surface area (Å²) in [6.07, 6.45) is 3.39. The molecule has 0 aromatic heterocycles. The molecule has 7 nitrogen and oxygen atoms in total. The van der Waals surface area contributed by atoms with Gasteiger partial charge < -0.3 is 20.3 Å². The highest BCUT2D eigenvalue weighted by molar-refractivity contribution is 7.82. The lowest BCUT2D eigenvalue weighted by Crippen LogP contribution is -2.32. The lowest BCUT2D eigenvalue weighted by Gasteiger charge is -2.31. The molecule has 1 aliphatic heterocycles. The van der Waals surface area contributed by atoms with E-state index in [2.05, 4.69) is 28.3 Å². The maximum absolute atomic E-state index is 12.9. The number of carbonyl (C=O) groups excluding carboxylic acids is 2. The Morgan fingerprint density at radius 2 is 1.77 bits per heavy atom. The summed E-state index contributed by atoms with van der Waals surface area (Å²) in [6.45, 7) is 3.25. The largest absolute Gasteiger partial charge is 0.495 e. The molecule has 30 heavy (non-hydrogen) atoms. The maximum atomic E-state index is 12.9. The molecule has 1 heterocycles. The maximum Gasteiger partial charge on any atom is 0.336 e. The van der Waals surface area contributed by atoms with Gasteiger partial charge in [-0.05, 0) is 49.6 Å². The number of anilines is 4. The van der Waals surface area contributed by atoms with Crippen molar-refractivity contribution in [1.29, 1.82) is 0 Å². The van der Waals surface area contributed by atoms with E-state index in [1.165, 1.54) is 17.6 Å². The fourth-order valence-electron chi connectivity index (χ4n) is 3.37. The molecule has 0 aliphatic carbocycles. The van der Waals surface area contributed by atoms with Crippen molar-refractivity contribution < 1.29 is 14.3 Å². The van der Waals surface area contributed by atoms with E-state index in [4.69, 9.17) is 16.3 Å². The van der Waals surface area contributed by atoms with Crippen molar-refractivity contribution in [2.75, 3.05) is 40.0 Å². The zero-order valence-corrected chi connectivity index (χ0v) is 18.6. The topological polar surface area (TPSA) is 73.9 Å². The van der Waals surface area contributed by atoms with Gasteiger partial charge in [0.05, 0.1) is 29.2 Å². The number of amides is 3. The lowest BCUT2D eigenvalue weighted by atomic mass is 10.1. The molecule has 2 aromatic carbocycles. The second-order valence-corrected chi connectivity index (χ2v) is 7.83. The number of rotatable bonds is 5. The number of piperidine rings is 1. The van der Waals surface area contributed by atoms with Crippen LogP contribution in [-0.2, 0) is 4.79 Å². The van der Waals surface area contributed by atoms with Crippen LogP contribution in [0.4, 0.5) is 27.5 Å². The highest BCUT2D eigenvalue weighted by atomic mass is 35.5. The number of benzene rings is 2. The zero-order chi connectivity index (χ0) is 21.7. The van der Waals surface area contributed by atoms with E-state index in [0.29, 0.717) is 27.8 Å². The molecule has 0 spiro atoms. The number of thiol groups is 1. The molecule has 0 radical (unpaired) electrons. The van der Waals surface area contributed by atoms with E-state index in [0.717, 1.165) is 31.6 Å². The highest BCUT2D eigenvalue weighted by Gasteiger charge is 2.21. The van der Waals surface area contributed by atoms with Crippen molar-refractivity contribution in [1.82, 2.24) is 0 Å². The van der Waals surface area contributed by atoms with Gasteiger partial charge in [-0.25, -0.2) is 9.10 Å². The molecule has 2 aromatic rings. The molecule has 2 N–H and O–H groups in total. The molecule has 1 saturated heterocycles. The number of carbonyl (C=O) groups is 2. The summed E-state index contributed by atoms with van der Waals surface area (Å²) in [5, 5.41) is 6.01. The van der Waals surface area contributed by atoms with Crippen LogP contribution in [0.1, 0.15) is 26.2 Å². The van der Waals surface area contributed by atoms with E-state index in [-0.39, 0.29) is 5.91 Å². The molecule has 9 heteroatoms. The van der Waals surface area contributed by atoms with Crippen LogP contribution in [0.5, 0.6) is 5.75 Å². The molecule has 0 atom stereocenters. The lowest BCUT2D eigenvalue weighted by molar-refractivity contribution is -0.114. The van der Waals surface area contributed by atoms with Crippen molar-refractivity contribution in [2.45, 2.75) is 26.2 Å². The summed E-state index contributed by atoms with van der Waals surface area (Å²) >= 11 is 10.7. The van der Waals surface area contributed by atoms with Crippen molar-refractivity contribution in [3.8, 4) is 5.75 Å². The van der Waals surface area contributed by atoms with Gasteiger partial charge >= 0.3 is 6.03 Å². The number of methoxy groups -OCH3 is 1. The van der Waals surface area contributed by atoms with Gasteiger partial charge in [-0.2, -0.15) is 0 Å². The van der Waals surface area contributed by atoms with Crippen LogP contribution >= 0.6 is 24.4 Å². The third-order valence-electron chi connectivity index (χ3n) is 4.83. The minimum atomic E-state index is -0.426. The third-order valence-corrected chi connectivity index (χ3v) is 5.54. The molecule has 3 amide bonds. The van der Waals surface area contributed by atoms with Crippen molar-refractivity contribution >= 4 is 59.1 Å². The van der Waals surface area contributed by atoms with E-state index in [1.54, 1.807) is 37.4 Å². The summed E-state index contributed by atoms with van der Waals surface area (Å²) in [7, 11) is 1.57. The molecule has 1 fully saturated rings. The molecule has 3 rings (SSSR count). The van der Waals surface area contributed by atoms with Gasteiger partial charge in [-0.15, -0.1) is 0 Å². The van der Waals surface area contributed by atoms with Gasteiger partial charge in [-0.3, -0.25) is 4.79 Å². The fourth-order valence-corrected chi connectivity index (χ4v) is 3.79. The molecular formula is C21H25ClN4O3S. The Morgan fingerprint density at radius 3 is 2.37 bits per heavy atom. The number of hydrogen-bond acceptors (Lipinski definition) is 5. The summed E-state index contributed by atoms with van der Waals surface area (Å²) in [5.41, 5.74) is 2.67. The van der Waals surface area contributed by atoms with Gasteiger partial charge in [0.1, 0.15) is 5.75 Å². The summed E-state index contributed by atoms with van der Waals surface area (Å²) in [6, 6.07) is 9.94. The van der Waals surface area contributed by atoms with Crippen LogP contribution in [-0.4, -0.2) is 32.1 Å². The predicted molar refractivity (Wildman–Crippen MR) is 125 cm³/mol. The molecule has 0 bridgehead atoms. The molecule has 0 unspecified atom stereocenters. The van der Waals surface area contributed by atoms with Crippen LogP contribution in [0, 0.1) is 0 Å². The van der Waals surface area contributed by atoms with Gasteiger partial charge in [0.2, 0.25) is 5.91 Å². The Kier molecular flexibility index (Phi) is 7.33. The smallest absolute Gasteiger partial charge is 0.336 e. The predicted octanol–water partition coefficient (Wildman–Crippen LogP) is 5.18. The fraction of sp³-hybridized carbons (Fsp3) is 0.333. The van der Waals surface area contributed by atoms with Crippen LogP contribution in [0.15, 0.2) is 36.4 Å². The first-order chi connectivity index (χ1) is 14.4. The minimum Gasteiger partial charge on any atom is -0.495 e. The quantitative estimate of drug-likeness (QED) is 0.551. The molecule has 0 saturated carbocycles. The first-order valence-electron chi connectivity index (χ1n) is 9.69. The third kappa shape index (κ3) is 5.31. The summed E-state index contributed by atoms with van der Waals surface area (Å²) in [5.74, 6) is 0.399. The molecule has 1 aliphatic rings. The number of urea groups is 1. The Labute approximate surface area is 186 Å². The SMILES string of the molecule is COc1cc(N2CCCCC2)c(NC(=O)N(S)c2ccc(NC(C)=O)cc2)cc1Cl. The van der Waals surface area contributed by atoms with E-state index < -0.39 is 6.03 Å². The van der Waals surface area contributed by atoms with E-state index in [1.807, 2.05) is 6.07 Å². The van der Waals surface area contributed by atoms with Gasteiger partial charge in [0.15, 0.2) is 0 Å². The number of nitrogens with zero attached hydrogens (tertiary/aromatic N) is 2. The van der Waals surface area contributed by atoms with Gasteiger partial charge in [0.25, 0.3) is 0 Å². The number of nitrogens with one attached hydrogen (secondary N) is 2. The molecule has 160 valence electrons. The minimum absolute atomic E-state index is 0.162. The number of ether oxygens (including phenoxy) is 1. The number of halogens is 1. The van der Waals surface area contributed by atoms with Gasteiger partial charge in [0, 0.05) is 31.8 Å². The standard InChI is InChI=1S/C21H25ClN4O3S/c1-14(27)23-15-6-8-16(9-7-15)26(30)21(28)24-18-12-17(22)20(29-2)13-19(18)25-10-4-3-5-11-25/h6-9,12-13,30H,3-5,10-11H2,1-2H3,(H,23,27)(H,24,28). The van der Waals surface area contributed by atoms with Crippen LogP contribution in [0.2, 0.25) is 5.02 Å². The Morgan fingerprint density at radius 1 is 1.10 bits per heavy atom. The second-order valence-electron chi connectivity index (χ2n) is 7.02. The van der Waals surface area contributed by atoms with Crippen LogP contribution in [0.3, 0.4) is 0 Å². The Hall–Kier alpha value is -2.58. The number of hydrogen-bond donors (Lipinski definition) is 3. The average molecular weight is 449 g/mol. The van der Waals surface area contributed by atoms with Crippen molar-refractivity contribution in [3.63, 3.8) is 0 Å². The average Bonchev–Trinajstić information content (AvgIpc) is 2.74. The van der Waals surface area contributed by atoms with Crippen LogP contribution in [0.25, 0.3) is 0 Å². The first-order valence-corrected chi connectivity index (χ1v) is 10.5. The molecular weight excluding hydrogens is 424 g/mol. The van der Waals surface area contributed by atoms with Crippen molar-refractivity contribution in [3.05, 3.63) is 41.4 Å². The summed E-state index contributed by atoms with van der Waals surface area (Å²) < 4.78 is 6.57. The van der Waals surface area contributed by atoms with E-state index in [9.17, 15) is 9.59 Å². The normalized spacial score (nSPS) is 13.5. The van der Waals surface area contributed by atoms with Crippen LogP contribution < -0.4 is 24.6 Å². The highest BCUT2D eigenvalue weighted by Crippen LogP contribution is 2.38. The summed E-state index contributed by atoms with van der Waals surface area (Å²) in [4.78, 5) is 26.2. The second kappa shape index (κ2) is 9.95. The monoisotopic (exact) mass is 448 g/mol. The Bertz CT molecular complexity index is 917. The van der Waals surface area contributed by atoms with E-state index >= 15 is 0 Å². The van der Waals surface area contributed by atoms with Gasteiger partial charge in [-0.1, -0.05) is 24.4 Å². The van der Waals surface area contributed by atoms with Crippen molar-refractivity contribution in [2.24, 2.45) is 0 Å². The zero-order valence-electron chi connectivity index (χ0n) is 16.9. The Balaban J connectivity index is 1.81.